The SMILES string of the molecule is CC(O)CC(=N)c1cc(C(=O)CN2Cc3ccc(C4CC4)nc3C2=N)ccc1O. The third-order valence-corrected chi connectivity index (χ3v) is 5.38. The molecule has 0 radical (unpaired) electrons. The topological polar surface area (TPSA) is 121 Å². The zero-order valence-corrected chi connectivity index (χ0v) is 16.3. The molecule has 1 aliphatic heterocycles. The predicted octanol–water partition coefficient (Wildman–Crippen LogP) is 2.83. The molecule has 1 atom stereocenters. The van der Waals surface area contributed by atoms with Crippen LogP contribution in [0.4, 0.5) is 0 Å². The number of phenols is 1. The Morgan fingerprint density at radius 3 is 2.76 bits per heavy atom. The van der Waals surface area contributed by atoms with E-state index in [-0.39, 0.29) is 41.6 Å². The number of hydrogen-bond acceptors (Lipinski definition) is 6. The van der Waals surface area contributed by atoms with Gasteiger partial charge in [-0.15, -0.1) is 0 Å². The van der Waals surface area contributed by atoms with Gasteiger partial charge in [0.05, 0.1) is 12.6 Å². The van der Waals surface area contributed by atoms with Crippen LogP contribution in [0.15, 0.2) is 30.3 Å². The number of carbonyl (C=O) groups is 1. The van der Waals surface area contributed by atoms with E-state index in [2.05, 4.69) is 4.98 Å². The number of aromatic hydroxyl groups is 1. The Kier molecular flexibility index (Phi) is 4.92. The number of nitrogens with one attached hydrogen (secondary N) is 2. The summed E-state index contributed by atoms with van der Waals surface area (Å²) in [6.07, 6.45) is 1.67. The van der Waals surface area contributed by atoms with E-state index in [1.165, 1.54) is 18.2 Å². The fourth-order valence-electron chi connectivity index (χ4n) is 3.63. The lowest BCUT2D eigenvalue weighted by atomic mass is 9.99. The third-order valence-electron chi connectivity index (χ3n) is 5.38. The number of phenolic OH excluding ortho intramolecular Hbond substituents is 1. The molecule has 150 valence electrons. The van der Waals surface area contributed by atoms with Gasteiger partial charge < -0.3 is 20.5 Å². The van der Waals surface area contributed by atoms with Gasteiger partial charge in [-0.2, -0.15) is 0 Å². The predicted molar refractivity (Wildman–Crippen MR) is 109 cm³/mol. The average Bonchev–Trinajstić information content (AvgIpc) is 3.47. The highest BCUT2D eigenvalue weighted by Crippen LogP contribution is 2.39. The largest absolute Gasteiger partial charge is 0.507 e. The number of pyridine rings is 1. The molecule has 4 N–H and O–H groups in total. The second-order valence-electron chi connectivity index (χ2n) is 7.91. The van der Waals surface area contributed by atoms with Gasteiger partial charge in [0.1, 0.15) is 17.3 Å². The van der Waals surface area contributed by atoms with Crippen molar-refractivity contribution >= 4 is 17.3 Å². The highest BCUT2D eigenvalue weighted by atomic mass is 16.3. The summed E-state index contributed by atoms with van der Waals surface area (Å²) < 4.78 is 0. The number of benzene rings is 1. The molecule has 2 aliphatic rings. The van der Waals surface area contributed by atoms with E-state index in [0.717, 1.165) is 24.1 Å². The van der Waals surface area contributed by atoms with Gasteiger partial charge in [0.25, 0.3) is 0 Å². The van der Waals surface area contributed by atoms with Crippen molar-refractivity contribution in [2.24, 2.45) is 0 Å². The molecule has 1 aromatic heterocycles. The molecule has 0 bridgehead atoms. The van der Waals surface area contributed by atoms with E-state index in [1.54, 1.807) is 11.8 Å². The van der Waals surface area contributed by atoms with Crippen LogP contribution < -0.4 is 0 Å². The number of Topliss-reactive ketones (excluding diaryl/α,β-unsaturated/α-hetero) is 1. The van der Waals surface area contributed by atoms with Crippen LogP contribution in [0, 0.1) is 10.8 Å². The Bertz CT molecular complexity index is 1010. The lowest BCUT2D eigenvalue weighted by molar-refractivity contribution is 0.0962. The number of ketones is 1. The van der Waals surface area contributed by atoms with Crippen molar-refractivity contribution in [1.82, 2.24) is 9.88 Å². The molecule has 2 heterocycles. The molecule has 2 aromatic rings. The monoisotopic (exact) mass is 392 g/mol. The second kappa shape index (κ2) is 7.40. The molecule has 7 nitrogen and oxygen atoms in total. The van der Waals surface area contributed by atoms with Crippen molar-refractivity contribution in [3.8, 4) is 5.75 Å². The van der Waals surface area contributed by atoms with E-state index in [0.29, 0.717) is 23.7 Å². The van der Waals surface area contributed by atoms with E-state index >= 15 is 0 Å². The average molecular weight is 392 g/mol. The van der Waals surface area contributed by atoms with Gasteiger partial charge in [0, 0.05) is 47.0 Å². The summed E-state index contributed by atoms with van der Waals surface area (Å²) in [4.78, 5) is 19.2. The minimum Gasteiger partial charge on any atom is -0.507 e. The first kappa shape index (κ1) is 19.3. The van der Waals surface area contributed by atoms with Gasteiger partial charge in [-0.3, -0.25) is 10.2 Å². The number of rotatable bonds is 7. The molecule has 1 fully saturated rings. The van der Waals surface area contributed by atoms with Crippen LogP contribution in [-0.2, 0) is 6.54 Å². The Labute approximate surface area is 169 Å². The van der Waals surface area contributed by atoms with Gasteiger partial charge in [-0.1, -0.05) is 6.07 Å². The molecule has 4 rings (SSSR count). The van der Waals surface area contributed by atoms with Crippen LogP contribution in [-0.4, -0.2) is 50.1 Å². The minimum absolute atomic E-state index is 0.0297. The van der Waals surface area contributed by atoms with Crippen molar-refractivity contribution < 1.29 is 15.0 Å². The van der Waals surface area contributed by atoms with Crippen LogP contribution >= 0.6 is 0 Å². The number of aromatic nitrogens is 1. The van der Waals surface area contributed by atoms with Crippen LogP contribution in [0.25, 0.3) is 0 Å². The van der Waals surface area contributed by atoms with Gasteiger partial charge >= 0.3 is 0 Å². The van der Waals surface area contributed by atoms with E-state index < -0.39 is 6.10 Å². The number of nitrogens with zero attached hydrogens (tertiary/aromatic N) is 2. The van der Waals surface area contributed by atoms with E-state index in [1.807, 2.05) is 12.1 Å². The quantitative estimate of drug-likeness (QED) is 0.426. The first-order chi connectivity index (χ1) is 13.8. The summed E-state index contributed by atoms with van der Waals surface area (Å²) in [7, 11) is 0. The van der Waals surface area contributed by atoms with Crippen molar-refractivity contribution in [3.63, 3.8) is 0 Å². The fraction of sp³-hybridized carbons (Fsp3) is 0.364. The lowest BCUT2D eigenvalue weighted by Crippen LogP contribution is -2.30. The molecular weight excluding hydrogens is 368 g/mol. The van der Waals surface area contributed by atoms with Gasteiger partial charge in [0.15, 0.2) is 5.78 Å². The van der Waals surface area contributed by atoms with Crippen LogP contribution in [0.1, 0.15) is 65.0 Å². The highest BCUT2D eigenvalue weighted by Gasteiger charge is 2.31. The zero-order valence-electron chi connectivity index (χ0n) is 16.3. The number of fused-ring (bicyclic) bond motifs is 1. The van der Waals surface area contributed by atoms with E-state index in [4.69, 9.17) is 10.8 Å². The fourth-order valence-corrected chi connectivity index (χ4v) is 3.63. The van der Waals surface area contributed by atoms with Crippen molar-refractivity contribution in [1.29, 1.82) is 10.8 Å². The molecule has 0 spiro atoms. The van der Waals surface area contributed by atoms with Crippen LogP contribution in [0.5, 0.6) is 5.75 Å². The first-order valence-electron chi connectivity index (χ1n) is 9.79. The number of carbonyl (C=O) groups excluding carboxylic acids is 1. The van der Waals surface area contributed by atoms with Gasteiger partial charge in [0.2, 0.25) is 0 Å². The second-order valence-corrected chi connectivity index (χ2v) is 7.91. The Balaban J connectivity index is 1.49. The number of amidine groups is 1. The molecule has 1 unspecified atom stereocenters. The van der Waals surface area contributed by atoms with Crippen molar-refractivity contribution in [2.45, 2.75) is 44.8 Å². The molecule has 1 aliphatic carbocycles. The molecule has 0 saturated heterocycles. The Hall–Kier alpha value is -3.06. The molecule has 1 saturated carbocycles. The zero-order chi connectivity index (χ0) is 20.7. The number of aliphatic hydroxyl groups is 1. The smallest absolute Gasteiger partial charge is 0.182 e. The van der Waals surface area contributed by atoms with Crippen molar-refractivity contribution in [2.75, 3.05) is 6.54 Å². The maximum Gasteiger partial charge on any atom is 0.182 e. The highest BCUT2D eigenvalue weighted by molar-refractivity contribution is 6.07. The van der Waals surface area contributed by atoms with Crippen LogP contribution in [0.2, 0.25) is 0 Å². The molecule has 7 heteroatoms. The summed E-state index contributed by atoms with van der Waals surface area (Å²) in [5.74, 6) is 0.481. The number of aliphatic hydroxyl groups excluding tert-OH is 1. The maximum absolute atomic E-state index is 12.8. The summed E-state index contributed by atoms with van der Waals surface area (Å²) in [5, 5.41) is 36.0. The Morgan fingerprint density at radius 1 is 1.31 bits per heavy atom. The van der Waals surface area contributed by atoms with Gasteiger partial charge in [-0.25, -0.2) is 4.98 Å². The molecule has 29 heavy (non-hydrogen) atoms. The minimum atomic E-state index is -0.710. The molecular formula is C22H24N4O3. The molecule has 1 aromatic carbocycles. The summed E-state index contributed by atoms with van der Waals surface area (Å²) in [6.45, 7) is 2.07. The van der Waals surface area contributed by atoms with Crippen molar-refractivity contribution in [3.05, 3.63) is 58.4 Å². The van der Waals surface area contributed by atoms with E-state index in [9.17, 15) is 15.0 Å². The Morgan fingerprint density at radius 2 is 2.07 bits per heavy atom. The standard InChI is InChI=1S/C22H24N4O3/c1-12(27)8-17(23)16-9-14(5-7-19(16)28)20(29)11-26-10-15-4-6-18(13-2-3-13)25-21(15)22(26)24/h4-7,9,12-13,23-24,27-28H,2-3,8,10-11H2,1H3. The molecule has 0 amide bonds. The third kappa shape index (κ3) is 3.91. The summed E-state index contributed by atoms with van der Waals surface area (Å²) >= 11 is 0. The first-order valence-corrected chi connectivity index (χ1v) is 9.79. The summed E-state index contributed by atoms with van der Waals surface area (Å²) in [6, 6.07) is 8.43. The van der Waals surface area contributed by atoms with Crippen LogP contribution in [0.3, 0.4) is 0 Å². The normalized spacial score (nSPS) is 16.6. The summed E-state index contributed by atoms with van der Waals surface area (Å²) in [5.41, 5.74) is 3.33. The number of hydrogen-bond donors (Lipinski definition) is 4. The maximum atomic E-state index is 12.8. The van der Waals surface area contributed by atoms with Gasteiger partial charge in [-0.05, 0) is 44.0 Å². The lowest BCUT2D eigenvalue weighted by Gasteiger charge is -2.17.